The Bertz CT molecular complexity index is 1660. The van der Waals surface area contributed by atoms with Gasteiger partial charge in [-0.15, -0.1) is 0 Å². The summed E-state index contributed by atoms with van der Waals surface area (Å²) in [4.78, 5) is 9.21. The van der Waals surface area contributed by atoms with Gasteiger partial charge in [-0.25, -0.2) is 4.98 Å². The van der Waals surface area contributed by atoms with Crippen LogP contribution in [0.25, 0.3) is 0 Å². The summed E-state index contributed by atoms with van der Waals surface area (Å²) in [5.74, 6) is 1.75. The molecule has 238 valence electrons. The topological polar surface area (TPSA) is 120 Å². The minimum Gasteiger partial charge on any atom is -0.497 e. The van der Waals surface area contributed by atoms with E-state index in [4.69, 9.17) is 14.2 Å². The molecule has 2 aromatic carbocycles. The molecule has 1 unspecified atom stereocenters. The smallest absolute Gasteiger partial charge is 0.281 e. The summed E-state index contributed by atoms with van der Waals surface area (Å²) in [5, 5.41) is 13.4. The van der Waals surface area contributed by atoms with Gasteiger partial charge in [-0.1, -0.05) is 0 Å². The number of hydrogen-bond acceptors (Lipinski definition) is 10. The Morgan fingerprint density at radius 1 is 0.978 bits per heavy atom. The van der Waals surface area contributed by atoms with Gasteiger partial charge in [-0.2, -0.15) is 13.7 Å². The highest BCUT2D eigenvalue weighted by Crippen LogP contribution is 2.52. The zero-order valence-corrected chi connectivity index (χ0v) is 26.8. The normalized spacial score (nSPS) is 21.2. The number of piperidine rings is 1. The SMILES string of the molecule is CCOc1ccc(OC)cc1C1(N2CCN(C3CCNCC3)CC2)CN(S(=O)(=O)c2ccc(OC)cn2)c2ccc(C#N)cc21. The molecule has 3 aliphatic heterocycles. The van der Waals surface area contributed by atoms with Gasteiger partial charge in [0.15, 0.2) is 5.03 Å². The maximum atomic E-state index is 14.4. The van der Waals surface area contributed by atoms with Gasteiger partial charge in [0.05, 0.1) is 56.4 Å². The molecule has 0 amide bonds. The summed E-state index contributed by atoms with van der Waals surface area (Å²) in [6.07, 6.45) is 3.64. The van der Waals surface area contributed by atoms with Crippen molar-refractivity contribution in [2.75, 3.05) is 70.9 Å². The summed E-state index contributed by atoms with van der Waals surface area (Å²) in [7, 11) is -0.986. The zero-order valence-electron chi connectivity index (χ0n) is 26.0. The number of aromatic nitrogens is 1. The second-order valence-electron chi connectivity index (χ2n) is 11.6. The van der Waals surface area contributed by atoms with E-state index in [-0.39, 0.29) is 11.6 Å². The first kappa shape index (κ1) is 31.1. The van der Waals surface area contributed by atoms with Crippen LogP contribution in [0.2, 0.25) is 0 Å². The fourth-order valence-corrected chi connectivity index (χ4v) is 8.48. The van der Waals surface area contributed by atoms with E-state index in [1.807, 2.05) is 31.2 Å². The van der Waals surface area contributed by atoms with Gasteiger partial charge >= 0.3 is 0 Å². The molecule has 1 atom stereocenters. The molecule has 12 heteroatoms. The molecule has 45 heavy (non-hydrogen) atoms. The minimum absolute atomic E-state index is 0.0772. The third kappa shape index (κ3) is 5.59. The summed E-state index contributed by atoms with van der Waals surface area (Å²) >= 11 is 0. The molecule has 1 N–H and O–H groups in total. The average Bonchev–Trinajstić information content (AvgIpc) is 3.45. The van der Waals surface area contributed by atoms with Gasteiger partial charge in [0.25, 0.3) is 10.0 Å². The van der Waals surface area contributed by atoms with Crippen LogP contribution in [0.3, 0.4) is 0 Å². The first-order valence-electron chi connectivity index (χ1n) is 15.4. The fraction of sp³-hybridized carbons (Fsp3) is 0.455. The molecule has 0 bridgehead atoms. The molecule has 0 radical (unpaired) electrons. The van der Waals surface area contributed by atoms with Crippen molar-refractivity contribution in [3.63, 3.8) is 0 Å². The van der Waals surface area contributed by atoms with Crippen LogP contribution in [0.4, 0.5) is 5.69 Å². The van der Waals surface area contributed by atoms with E-state index >= 15 is 0 Å². The number of fused-ring (bicyclic) bond motifs is 1. The van der Waals surface area contributed by atoms with Gasteiger partial charge in [0.1, 0.15) is 17.2 Å². The maximum absolute atomic E-state index is 14.4. The second-order valence-corrected chi connectivity index (χ2v) is 13.4. The van der Waals surface area contributed by atoms with Crippen LogP contribution < -0.4 is 23.8 Å². The molecule has 3 aliphatic rings. The predicted molar refractivity (Wildman–Crippen MR) is 170 cm³/mol. The van der Waals surface area contributed by atoms with Crippen molar-refractivity contribution in [2.45, 2.75) is 36.4 Å². The molecule has 0 aliphatic carbocycles. The standard InChI is InChI=1S/C33H40N6O5S/c1-4-44-31-9-6-26(42-2)20-29(31)33(38-17-15-37(16-18-38)25-11-13-35-14-12-25)23-39(30-8-5-24(21-34)19-28(30)33)45(40,41)32-10-7-27(43-3)22-36-32/h5-10,19-20,22,25,35H,4,11-18,23H2,1-3H3. The second kappa shape index (κ2) is 12.8. The average molecular weight is 633 g/mol. The van der Waals surface area contributed by atoms with Crippen LogP contribution in [0.5, 0.6) is 17.2 Å². The first-order chi connectivity index (χ1) is 21.8. The van der Waals surface area contributed by atoms with Crippen molar-refractivity contribution in [1.29, 1.82) is 5.26 Å². The molecule has 2 fully saturated rings. The molecule has 3 aromatic rings. The number of nitriles is 1. The molecule has 1 aromatic heterocycles. The van der Waals surface area contributed by atoms with E-state index in [9.17, 15) is 13.7 Å². The number of pyridine rings is 1. The minimum atomic E-state index is -4.12. The van der Waals surface area contributed by atoms with Crippen molar-refractivity contribution in [1.82, 2.24) is 20.1 Å². The molecule has 0 saturated carbocycles. The summed E-state index contributed by atoms with van der Waals surface area (Å²) in [6, 6.07) is 16.8. The molecule has 6 rings (SSSR count). The van der Waals surface area contributed by atoms with E-state index in [1.54, 1.807) is 25.3 Å². The van der Waals surface area contributed by atoms with Gasteiger partial charge in [-0.3, -0.25) is 14.1 Å². The molecule has 2 saturated heterocycles. The summed E-state index contributed by atoms with van der Waals surface area (Å²) in [6.45, 7) is 7.59. The van der Waals surface area contributed by atoms with Crippen LogP contribution in [0.15, 0.2) is 59.8 Å². The Kier molecular flexibility index (Phi) is 8.88. The lowest BCUT2D eigenvalue weighted by Crippen LogP contribution is -2.60. The largest absolute Gasteiger partial charge is 0.497 e. The Morgan fingerprint density at radius 2 is 1.71 bits per heavy atom. The lowest BCUT2D eigenvalue weighted by atomic mass is 9.80. The van der Waals surface area contributed by atoms with Crippen LogP contribution in [0, 0.1) is 11.3 Å². The van der Waals surface area contributed by atoms with Crippen molar-refractivity contribution in [3.8, 4) is 23.3 Å². The van der Waals surface area contributed by atoms with Gasteiger partial charge < -0.3 is 19.5 Å². The number of piperazine rings is 1. The summed E-state index contributed by atoms with van der Waals surface area (Å²) in [5.41, 5.74) is 1.53. The Morgan fingerprint density at radius 3 is 2.36 bits per heavy atom. The third-order valence-corrected chi connectivity index (χ3v) is 11.0. The van der Waals surface area contributed by atoms with E-state index in [2.05, 4.69) is 26.2 Å². The highest BCUT2D eigenvalue weighted by molar-refractivity contribution is 7.92. The van der Waals surface area contributed by atoms with Crippen LogP contribution in [-0.4, -0.2) is 95.9 Å². The first-order valence-corrected chi connectivity index (χ1v) is 16.9. The monoisotopic (exact) mass is 632 g/mol. The highest BCUT2D eigenvalue weighted by atomic mass is 32.2. The maximum Gasteiger partial charge on any atom is 0.281 e. The van der Waals surface area contributed by atoms with Crippen LogP contribution in [0.1, 0.15) is 36.5 Å². The number of methoxy groups -OCH3 is 2. The van der Waals surface area contributed by atoms with E-state index in [0.29, 0.717) is 54.2 Å². The Balaban J connectivity index is 1.52. The number of rotatable bonds is 9. The highest BCUT2D eigenvalue weighted by Gasteiger charge is 2.54. The van der Waals surface area contributed by atoms with E-state index in [1.165, 1.54) is 23.7 Å². The number of hydrogen-bond donors (Lipinski definition) is 1. The number of sulfonamides is 1. The number of anilines is 1. The molecule has 4 heterocycles. The van der Waals surface area contributed by atoms with Crippen LogP contribution >= 0.6 is 0 Å². The van der Waals surface area contributed by atoms with Gasteiger partial charge in [0, 0.05) is 43.3 Å². The van der Waals surface area contributed by atoms with Crippen molar-refractivity contribution in [2.24, 2.45) is 0 Å². The quantitative estimate of drug-likeness (QED) is 0.377. The Hall–Kier alpha value is -3.89. The van der Waals surface area contributed by atoms with Crippen molar-refractivity contribution < 1.29 is 22.6 Å². The molecular weight excluding hydrogens is 592 g/mol. The number of ether oxygens (including phenoxy) is 3. The van der Waals surface area contributed by atoms with E-state index < -0.39 is 15.6 Å². The van der Waals surface area contributed by atoms with Crippen molar-refractivity contribution in [3.05, 3.63) is 71.4 Å². The summed E-state index contributed by atoms with van der Waals surface area (Å²) < 4.78 is 47.4. The third-order valence-electron chi connectivity index (χ3n) is 9.32. The Labute approximate surface area is 265 Å². The van der Waals surface area contributed by atoms with Crippen LogP contribution in [-0.2, 0) is 15.6 Å². The predicted octanol–water partition coefficient (Wildman–Crippen LogP) is 3.19. The van der Waals surface area contributed by atoms with Gasteiger partial charge in [0.2, 0.25) is 0 Å². The molecular formula is C33H40N6O5S. The zero-order chi connectivity index (χ0) is 31.6. The molecule has 0 spiro atoms. The fourth-order valence-electron chi connectivity index (χ4n) is 7.05. The number of nitrogens with zero attached hydrogens (tertiary/aromatic N) is 5. The van der Waals surface area contributed by atoms with Gasteiger partial charge in [-0.05, 0) is 81.4 Å². The number of nitrogens with one attached hydrogen (secondary N) is 1. The molecule has 11 nitrogen and oxygen atoms in total. The number of benzene rings is 2. The lowest BCUT2D eigenvalue weighted by molar-refractivity contribution is 0.0331. The van der Waals surface area contributed by atoms with E-state index in [0.717, 1.165) is 50.1 Å². The lowest BCUT2D eigenvalue weighted by Gasteiger charge is -2.48. The van der Waals surface area contributed by atoms with Crippen molar-refractivity contribution >= 4 is 15.7 Å².